The SMILES string of the molecule is Cc1nc(C(=O)N(C)C)ccc1C(=O)NC1C2CCCC1CC(N)C2. The largest absolute Gasteiger partial charge is 0.349 e. The molecule has 3 N–H and O–H groups in total. The second-order valence-electron chi connectivity index (χ2n) is 7.71. The summed E-state index contributed by atoms with van der Waals surface area (Å²) < 4.78 is 0. The monoisotopic (exact) mass is 344 g/mol. The summed E-state index contributed by atoms with van der Waals surface area (Å²) in [7, 11) is 3.37. The highest BCUT2D eigenvalue weighted by atomic mass is 16.2. The summed E-state index contributed by atoms with van der Waals surface area (Å²) in [5.74, 6) is 0.709. The van der Waals surface area contributed by atoms with E-state index in [2.05, 4.69) is 10.3 Å². The lowest BCUT2D eigenvalue weighted by Gasteiger charge is -2.45. The Hall–Kier alpha value is -1.95. The van der Waals surface area contributed by atoms with Crippen LogP contribution in [0.1, 0.15) is 58.6 Å². The van der Waals surface area contributed by atoms with Gasteiger partial charge in [-0.25, -0.2) is 4.98 Å². The van der Waals surface area contributed by atoms with Crippen LogP contribution in [0.3, 0.4) is 0 Å². The molecule has 6 nitrogen and oxygen atoms in total. The van der Waals surface area contributed by atoms with Crippen molar-refractivity contribution in [3.8, 4) is 0 Å². The number of pyridine rings is 1. The van der Waals surface area contributed by atoms with Gasteiger partial charge < -0.3 is 16.0 Å². The summed E-state index contributed by atoms with van der Waals surface area (Å²) in [6, 6.07) is 3.81. The van der Waals surface area contributed by atoms with Crippen molar-refractivity contribution in [2.45, 2.75) is 51.1 Å². The summed E-state index contributed by atoms with van der Waals surface area (Å²) in [5.41, 5.74) is 7.66. The van der Waals surface area contributed by atoms with Crippen molar-refractivity contribution in [1.29, 1.82) is 0 Å². The Bertz CT molecular complexity index is 659. The molecule has 2 unspecified atom stereocenters. The Morgan fingerprint density at radius 2 is 1.84 bits per heavy atom. The van der Waals surface area contributed by atoms with Crippen molar-refractivity contribution < 1.29 is 9.59 Å². The molecule has 6 heteroatoms. The molecule has 3 rings (SSSR count). The number of carbonyl (C=O) groups excluding carboxylic acids is 2. The lowest BCUT2D eigenvalue weighted by molar-refractivity contribution is 0.0753. The van der Waals surface area contributed by atoms with Gasteiger partial charge in [-0.3, -0.25) is 9.59 Å². The van der Waals surface area contributed by atoms with Crippen molar-refractivity contribution in [3.63, 3.8) is 0 Å². The van der Waals surface area contributed by atoms with E-state index in [0.29, 0.717) is 28.8 Å². The third kappa shape index (κ3) is 3.68. The molecule has 0 radical (unpaired) electrons. The van der Waals surface area contributed by atoms with Crippen molar-refractivity contribution in [2.24, 2.45) is 17.6 Å². The fourth-order valence-electron chi connectivity index (χ4n) is 4.40. The van der Waals surface area contributed by atoms with Crippen LogP contribution in [0.4, 0.5) is 0 Å². The Kier molecular flexibility index (Phi) is 5.08. The van der Waals surface area contributed by atoms with E-state index in [-0.39, 0.29) is 23.9 Å². The molecule has 2 amide bonds. The van der Waals surface area contributed by atoms with Gasteiger partial charge >= 0.3 is 0 Å². The number of fused-ring (bicyclic) bond motifs is 2. The van der Waals surface area contributed by atoms with Crippen LogP contribution in [0.5, 0.6) is 0 Å². The van der Waals surface area contributed by atoms with Gasteiger partial charge in [0.15, 0.2) is 0 Å². The lowest BCUT2D eigenvalue weighted by atomic mass is 9.67. The molecule has 2 atom stereocenters. The van der Waals surface area contributed by atoms with E-state index in [0.717, 1.165) is 25.7 Å². The van der Waals surface area contributed by atoms with E-state index in [1.54, 1.807) is 33.2 Å². The molecule has 0 aliphatic heterocycles. The van der Waals surface area contributed by atoms with E-state index in [1.807, 2.05) is 0 Å². The number of hydrogen-bond donors (Lipinski definition) is 2. The first-order valence-corrected chi connectivity index (χ1v) is 9.12. The maximum Gasteiger partial charge on any atom is 0.271 e. The highest BCUT2D eigenvalue weighted by molar-refractivity contribution is 5.97. The smallest absolute Gasteiger partial charge is 0.271 e. The number of aryl methyl sites for hydroxylation is 1. The van der Waals surface area contributed by atoms with Gasteiger partial charge in [0.1, 0.15) is 5.69 Å². The quantitative estimate of drug-likeness (QED) is 0.874. The molecule has 2 aliphatic carbocycles. The number of rotatable bonds is 3. The Morgan fingerprint density at radius 1 is 1.20 bits per heavy atom. The zero-order valence-electron chi connectivity index (χ0n) is 15.3. The topological polar surface area (TPSA) is 88.3 Å². The fourth-order valence-corrected chi connectivity index (χ4v) is 4.40. The highest BCUT2D eigenvalue weighted by Gasteiger charge is 2.40. The highest BCUT2D eigenvalue weighted by Crippen LogP contribution is 2.39. The van der Waals surface area contributed by atoms with Crippen molar-refractivity contribution >= 4 is 11.8 Å². The summed E-state index contributed by atoms with van der Waals surface area (Å²) >= 11 is 0. The molecule has 1 aromatic rings. The number of nitrogens with one attached hydrogen (secondary N) is 1. The normalized spacial score (nSPS) is 28.3. The minimum absolute atomic E-state index is 0.0915. The Morgan fingerprint density at radius 3 is 2.40 bits per heavy atom. The van der Waals surface area contributed by atoms with Crippen molar-refractivity contribution in [2.75, 3.05) is 14.1 Å². The summed E-state index contributed by atoms with van der Waals surface area (Å²) in [6.07, 6.45) is 5.51. The van der Waals surface area contributed by atoms with Gasteiger partial charge in [-0.05, 0) is 56.6 Å². The number of hydrogen-bond acceptors (Lipinski definition) is 4. The summed E-state index contributed by atoms with van der Waals surface area (Å²) in [6.45, 7) is 1.78. The number of carbonyl (C=O) groups is 2. The average Bonchev–Trinajstić information content (AvgIpc) is 2.54. The second-order valence-corrected chi connectivity index (χ2v) is 7.71. The zero-order valence-corrected chi connectivity index (χ0v) is 15.3. The number of aromatic nitrogens is 1. The van der Waals surface area contributed by atoms with Gasteiger partial charge in [0.05, 0.1) is 11.3 Å². The van der Waals surface area contributed by atoms with Crippen LogP contribution in [-0.4, -0.2) is 47.9 Å². The van der Waals surface area contributed by atoms with Crippen LogP contribution in [0.2, 0.25) is 0 Å². The maximum absolute atomic E-state index is 12.8. The van der Waals surface area contributed by atoms with Crippen LogP contribution < -0.4 is 11.1 Å². The molecule has 25 heavy (non-hydrogen) atoms. The first kappa shape index (κ1) is 17.9. The molecular formula is C19H28N4O2. The van der Waals surface area contributed by atoms with Crippen molar-refractivity contribution in [1.82, 2.24) is 15.2 Å². The number of nitrogens with two attached hydrogens (primary N) is 1. The molecule has 2 bridgehead atoms. The molecule has 0 saturated heterocycles. The predicted molar refractivity (Wildman–Crippen MR) is 96.3 cm³/mol. The molecule has 1 aromatic heterocycles. The van der Waals surface area contributed by atoms with E-state index in [1.165, 1.54) is 11.3 Å². The third-order valence-electron chi connectivity index (χ3n) is 5.63. The van der Waals surface area contributed by atoms with Crippen LogP contribution in [0, 0.1) is 18.8 Å². The van der Waals surface area contributed by atoms with E-state index in [4.69, 9.17) is 5.73 Å². The molecule has 0 aromatic carbocycles. The minimum atomic E-state index is -0.161. The standard InChI is InChI=1S/C19H28N4O2/c1-11-15(7-8-16(21-11)19(25)23(2)3)18(24)22-17-12-5-4-6-13(17)10-14(20)9-12/h7-8,12-14,17H,4-6,9-10,20H2,1-3H3,(H,22,24). The zero-order chi connectivity index (χ0) is 18.1. The maximum atomic E-state index is 12.8. The Balaban J connectivity index is 1.74. The van der Waals surface area contributed by atoms with Gasteiger partial charge in [-0.2, -0.15) is 0 Å². The fraction of sp³-hybridized carbons (Fsp3) is 0.632. The van der Waals surface area contributed by atoms with E-state index >= 15 is 0 Å². The predicted octanol–water partition coefficient (Wildman–Crippen LogP) is 1.73. The van der Waals surface area contributed by atoms with Gasteiger partial charge in [-0.1, -0.05) is 6.42 Å². The van der Waals surface area contributed by atoms with Crippen LogP contribution >= 0.6 is 0 Å². The van der Waals surface area contributed by atoms with Gasteiger partial charge in [0.25, 0.3) is 11.8 Å². The number of nitrogens with zero attached hydrogens (tertiary/aromatic N) is 2. The summed E-state index contributed by atoms with van der Waals surface area (Å²) in [4.78, 5) is 30.6. The van der Waals surface area contributed by atoms with E-state index < -0.39 is 0 Å². The lowest BCUT2D eigenvalue weighted by Crippen LogP contribution is -2.53. The van der Waals surface area contributed by atoms with Gasteiger partial charge in [0, 0.05) is 26.2 Å². The van der Waals surface area contributed by atoms with Crippen LogP contribution in [0.25, 0.3) is 0 Å². The van der Waals surface area contributed by atoms with Gasteiger partial charge in [-0.15, -0.1) is 0 Å². The molecule has 2 aliphatic rings. The van der Waals surface area contributed by atoms with Gasteiger partial charge in [0.2, 0.25) is 0 Å². The van der Waals surface area contributed by atoms with Crippen LogP contribution in [-0.2, 0) is 0 Å². The third-order valence-corrected chi connectivity index (χ3v) is 5.63. The molecule has 2 saturated carbocycles. The van der Waals surface area contributed by atoms with Crippen molar-refractivity contribution in [3.05, 3.63) is 29.1 Å². The molecule has 1 heterocycles. The first-order chi connectivity index (χ1) is 11.9. The molecular weight excluding hydrogens is 316 g/mol. The number of amides is 2. The molecule has 136 valence electrons. The van der Waals surface area contributed by atoms with E-state index in [9.17, 15) is 9.59 Å². The minimum Gasteiger partial charge on any atom is -0.349 e. The summed E-state index contributed by atoms with van der Waals surface area (Å²) in [5, 5.41) is 3.24. The Labute approximate surface area is 149 Å². The average molecular weight is 344 g/mol. The van der Waals surface area contributed by atoms with Crippen LogP contribution in [0.15, 0.2) is 12.1 Å². The first-order valence-electron chi connectivity index (χ1n) is 9.12. The molecule has 0 spiro atoms. The molecule has 2 fully saturated rings. The second kappa shape index (κ2) is 7.12.